The van der Waals surface area contributed by atoms with Crippen LogP contribution in [0.4, 0.5) is 0 Å². The predicted octanol–water partition coefficient (Wildman–Crippen LogP) is 4.47. The van der Waals surface area contributed by atoms with Crippen LogP contribution in [0.1, 0.15) is 16.7 Å². The SMILES string of the molecule is Cc1cccc(C[NH2+]Cc2ccc(-c3ccccc3)c3ccncc23)c1. The molecule has 1 aromatic heterocycles. The van der Waals surface area contributed by atoms with E-state index in [1.165, 1.54) is 38.6 Å². The molecule has 2 nitrogen and oxygen atoms in total. The largest absolute Gasteiger partial charge is 0.339 e. The predicted molar refractivity (Wildman–Crippen MR) is 108 cm³/mol. The van der Waals surface area contributed by atoms with Crippen LogP contribution in [0, 0.1) is 6.92 Å². The van der Waals surface area contributed by atoms with Crippen LogP contribution in [0.15, 0.2) is 85.2 Å². The zero-order valence-corrected chi connectivity index (χ0v) is 15.0. The van der Waals surface area contributed by atoms with E-state index in [4.69, 9.17) is 0 Å². The van der Waals surface area contributed by atoms with Crippen molar-refractivity contribution in [3.8, 4) is 11.1 Å². The zero-order valence-electron chi connectivity index (χ0n) is 15.0. The van der Waals surface area contributed by atoms with Crippen LogP contribution in [-0.2, 0) is 13.1 Å². The molecule has 0 amide bonds. The number of quaternary nitrogens is 1. The van der Waals surface area contributed by atoms with Gasteiger partial charge in [0.1, 0.15) is 13.1 Å². The van der Waals surface area contributed by atoms with Gasteiger partial charge in [0, 0.05) is 28.9 Å². The van der Waals surface area contributed by atoms with E-state index in [0.29, 0.717) is 0 Å². The molecular formula is C24H23N2+. The topological polar surface area (TPSA) is 29.5 Å². The summed E-state index contributed by atoms with van der Waals surface area (Å²) in [4.78, 5) is 4.37. The quantitative estimate of drug-likeness (QED) is 0.571. The molecule has 4 rings (SSSR count). The second kappa shape index (κ2) is 7.51. The molecule has 0 aliphatic carbocycles. The Kier molecular flexibility index (Phi) is 4.76. The highest BCUT2D eigenvalue weighted by Gasteiger charge is 2.09. The van der Waals surface area contributed by atoms with Crippen LogP contribution >= 0.6 is 0 Å². The normalized spacial score (nSPS) is 11.0. The van der Waals surface area contributed by atoms with E-state index in [0.717, 1.165) is 13.1 Å². The van der Waals surface area contributed by atoms with E-state index in [2.05, 4.69) is 90.0 Å². The van der Waals surface area contributed by atoms with Gasteiger partial charge in [0.15, 0.2) is 0 Å². The summed E-state index contributed by atoms with van der Waals surface area (Å²) in [5, 5.41) is 4.88. The molecule has 0 saturated heterocycles. The van der Waals surface area contributed by atoms with Gasteiger partial charge in [0.2, 0.25) is 0 Å². The average Bonchev–Trinajstić information content (AvgIpc) is 2.69. The second-order valence-electron chi connectivity index (χ2n) is 6.75. The third-order valence-electron chi connectivity index (χ3n) is 4.82. The average molecular weight is 339 g/mol. The molecule has 0 unspecified atom stereocenters. The van der Waals surface area contributed by atoms with Crippen LogP contribution in [0.3, 0.4) is 0 Å². The number of pyridine rings is 1. The van der Waals surface area contributed by atoms with Crippen molar-refractivity contribution in [2.75, 3.05) is 0 Å². The van der Waals surface area contributed by atoms with Gasteiger partial charge in [-0.25, -0.2) is 0 Å². The monoisotopic (exact) mass is 339 g/mol. The summed E-state index contributed by atoms with van der Waals surface area (Å²) in [6, 6.07) is 25.9. The van der Waals surface area contributed by atoms with Crippen molar-refractivity contribution in [3.63, 3.8) is 0 Å². The smallest absolute Gasteiger partial charge is 0.102 e. The van der Waals surface area contributed by atoms with Crippen LogP contribution in [0.5, 0.6) is 0 Å². The van der Waals surface area contributed by atoms with Gasteiger partial charge in [-0.05, 0) is 29.5 Å². The van der Waals surface area contributed by atoms with E-state index in [1.807, 2.05) is 12.4 Å². The van der Waals surface area contributed by atoms with Gasteiger partial charge in [0.05, 0.1) is 0 Å². The summed E-state index contributed by atoms with van der Waals surface area (Å²) in [5.41, 5.74) is 6.54. The van der Waals surface area contributed by atoms with Crippen molar-refractivity contribution in [2.45, 2.75) is 20.0 Å². The molecule has 0 spiro atoms. The molecule has 0 atom stereocenters. The molecule has 0 aliphatic heterocycles. The number of hydrogen-bond acceptors (Lipinski definition) is 1. The van der Waals surface area contributed by atoms with E-state index in [9.17, 15) is 0 Å². The summed E-state index contributed by atoms with van der Waals surface area (Å²) in [5.74, 6) is 0. The maximum atomic E-state index is 4.37. The first-order valence-electron chi connectivity index (χ1n) is 9.09. The number of aryl methyl sites for hydroxylation is 1. The van der Waals surface area contributed by atoms with Crippen molar-refractivity contribution in [1.29, 1.82) is 0 Å². The van der Waals surface area contributed by atoms with Crippen LogP contribution in [0.2, 0.25) is 0 Å². The highest BCUT2D eigenvalue weighted by atomic mass is 14.8. The van der Waals surface area contributed by atoms with E-state index < -0.39 is 0 Å². The summed E-state index contributed by atoms with van der Waals surface area (Å²) < 4.78 is 0. The maximum Gasteiger partial charge on any atom is 0.102 e. The van der Waals surface area contributed by atoms with Crippen LogP contribution in [-0.4, -0.2) is 4.98 Å². The van der Waals surface area contributed by atoms with E-state index in [-0.39, 0.29) is 0 Å². The van der Waals surface area contributed by atoms with Crippen LogP contribution in [0.25, 0.3) is 21.9 Å². The third-order valence-corrected chi connectivity index (χ3v) is 4.82. The molecule has 2 heteroatoms. The molecule has 0 bridgehead atoms. The highest BCUT2D eigenvalue weighted by Crippen LogP contribution is 2.29. The molecule has 3 aromatic carbocycles. The Balaban J connectivity index is 1.60. The lowest BCUT2D eigenvalue weighted by molar-refractivity contribution is -0.686. The minimum absolute atomic E-state index is 0.950. The summed E-state index contributed by atoms with van der Waals surface area (Å²) >= 11 is 0. The zero-order chi connectivity index (χ0) is 17.8. The van der Waals surface area contributed by atoms with Gasteiger partial charge >= 0.3 is 0 Å². The van der Waals surface area contributed by atoms with Crippen molar-refractivity contribution < 1.29 is 5.32 Å². The number of fused-ring (bicyclic) bond motifs is 1. The van der Waals surface area contributed by atoms with Crippen molar-refractivity contribution in [1.82, 2.24) is 4.98 Å². The fourth-order valence-corrected chi connectivity index (χ4v) is 3.53. The van der Waals surface area contributed by atoms with Crippen molar-refractivity contribution in [3.05, 3.63) is 102 Å². The first kappa shape index (κ1) is 16.5. The molecular weight excluding hydrogens is 316 g/mol. The van der Waals surface area contributed by atoms with Gasteiger partial charge in [-0.3, -0.25) is 4.98 Å². The minimum atomic E-state index is 0.950. The molecule has 0 radical (unpaired) electrons. The molecule has 2 N–H and O–H groups in total. The van der Waals surface area contributed by atoms with Gasteiger partial charge in [-0.15, -0.1) is 0 Å². The summed E-state index contributed by atoms with van der Waals surface area (Å²) in [6.45, 7) is 4.08. The van der Waals surface area contributed by atoms with Crippen molar-refractivity contribution >= 4 is 10.8 Å². The van der Waals surface area contributed by atoms with Gasteiger partial charge in [0.25, 0.3) is 0 Å². The Morgan fingerprint density at radius 2 is 1.69 bits per heavy atom. The molecule has 0 fully saturated rings. The standard InChI is InChI=1S/C24H22N2/c1-18-6-5-7-19(14-18)15-26-16-21-10-11-22(20-8-3-2-4-9-20)23-12-13-25-17-24(21)23/h2-14,17,26H,15-16H2,1H3/p+1. The Labute approximate surface area is 154 Å². The fraction of sp³-hybridized carbons (Fsp3) is 0.125. The minimum Gasteiger partial charge on any atom is -0.339 e. The molecule has 4 aromatic rings. The number of benzene rings is 3. The lowest BCUT2D eigenvalue weighted by Crippen LogP contribution is -2.80. The van der Waals surface area contributed by atoms with Gasteiger partial charge < -0.3 is 5.32 Å². The Morgan fingerprint density at radius 1 is 0.808 bits per heavy atom. The van der Waals surface area contributed by atoms with Crippen molar-refractivity contribution in [2.24, 2.45) is 0 Å². The second-order valence-corrected chi connectivity index (χ2v) is 6.75. The number of rotatable bonds is 5. The first-order chi connectivity index (χ1) is 12.8. The third kappa shape index (κ3) is 3.51. The summed E-state index contributed by atoms with van der Waals surface area (Å²) in [6.07, 6.45) is 3.88. The molecule has 1 heterocycles. The van der Waals surface area contributed by atoms with Gasteiger partial charge in [-0.1, -0.05) is 72.3 Å². The van der Waals surface area contributed by atoms with E-state index >= 15 is 0 Å². The lowest BCUT2D eigenvalue weighted by atomic mass is 9.96. The highest BCUT2D eigenvalue weighted by molar-refractivity contribution is 5.97. The van der Waals surface area contributed by atoms with Gasteiger partial charge in [-0.2, -0.15) is 0 Å². The van der Waals surface area contributed by atoms with Crippen LogP contribution < -0.4 is 5.32 Å². The van der Waals surface area contributed by atoms with E-state index in [1.54, 1.807) is 0 Å². The number of nitrogens with two attached hydrogens (primary N) is 1. The number of nitrogens with zero attached hydrogens (tertiary/aromatic N) is 1. The molecule has 0 aliphatic rings. The molecule has 26 heavy (non-hydrogen) atoms. The molecule has 128 valence electrons. The molecule has 0 saturated carbocycles. The Hall–Kier alpha value is -2.97. The number of aromatic nitrogens is 1. The first-order valence-corrected chi connectivity index (χ1v) is 9.09. The Morgan fingerprint density at radius 3 is 2.54 bits per heavy atom. The lowest BCUT2D eigenvalue weighted by Gasteiger charge is -2.11. The Bertz CT molecular complexity index is 1020. The fourth-order valence-electron chi connectivity index (χ4n) is 3.53. The number of hydrogen-bond donors (Lipinski definition) is 1. The maximum absolute atomic E-state index is 4.37. The summed E-state index contributed by atoms with van der Waals surface area (Å²) in [7, 11) is 0.